The molecular formula is C13H19FN2O2. The topological polar surface area (TPSA) is 42.4 Å². The normalized spacial score (nSPS) is 10.7. The maximum absolute atomic E-state index is 13.0. The summed E-state index contributed by atoms with van der Waals surface area (Å²) in [6, 6.07) is 2.67. The monoisotopic (exact) mass is 254 g/mol. The Morgan fingerprint density at radius 1 is 1.56 bits per heavy atom. The Morgan fingerprint density at radius 3 is 2.83 bits per heavy atom. The average Bonchev–Trinajstić information content (AvgIpc) is 2.33. The molecular weight excluding hydrogens is 235 g/mol. The van der Waals surface area contributed by atoms with E-state index in [1.807, 2.05) is 13.8 Å². The Hall–Kier alpha value is -1.49. The molecule has 100 valence electrons. The van der Waals surface area contributed by atoms with Gasteiger partial charge in [-0.15, -0.1) is 0 Å². The highest BCUT2D eigenvalue weighted by molar-refractivity contribution is 5.94. The van der Waals surface area contributed by atoms with Gasteiger partial charge in [0.15, 0.2) is 0 Å². The SMILES string of the molecule is COCCN(CC(C)C)C(=O)c1ccnc(F)c1. The average molecular weight is 254 g/mol. The molecule has 1 aromatic rings. The van der Waals surface area contributed by atoms with E-state index in [1.165, 1.54) is 12.3 Å². The molecule has 0 aliphatic carbocycles. The maximum atomic E-state index is 13.0. The summed E-state index contributed by atoms with van der Waals surface area (Å²) in [5.41, 5.74) is 0.319. The molecule has 1 aromatic heterocycles. The first-order chi connectivity index (χ1) is 8.54. The van der Waals surface area contributed by atoms with Crippen LogP contribution in [0.5, 0.6) is 0 Å². The van der Waals surface area contributed by atoms with E-state index in [0.717, 1.165) is 6.07 Å². The van der Waals surface area contributed by atoms with Crippen molar-refractivity contribution >= 4 is 5.91 Å². The molecule has 18 heavy (non-hydrogen) atoms. The summed E-state index contributed by atoms with van der Waals surface area (Å²) in [5.74, 6) is -0.489. The molecule has 1 rings (SSSR count). The van der Waals surface area contributed by atoms with Crippen molar-refractivity contribution < 1.29 is 13.9 Å². The Labute approximate surface area is 107 Å². The van der Waals surface area contributed by atoms with Crippen molar-refractivity contribution in [3.8, 4) is 0 Å². The number of carbonyl (C=O) groups is 1. The molecule has 0 fully saturated rings. The van der Waals surface area contributed by atoms with Crippen molar-refractivity contribution in [3.63, 3.8) is 0 Å². The van der Waals surface area contributed by atoms with Gasteiger partial charge in [-0.25, -0.2) is 4.98 Å². The molecule has 0 bridgehead atoms. The number of halogens is 1. The van der Waals surface area contributed by atoms with Crippen LogP contribution in [0.25, 0.3) is 0 Å². The summed E-state index contributed by atoms with van der Waals surface area (Å²) in [6.45, 7) is 5.63. The van der Waals surface area contributed by atoms with Gasteiger partial charge >= 0.3 is 0 Å². The summed E-state index contributed by atoms with van der Waals surface area (Å²) in [7, 11) is 1.59. The molecule has 0 radical (unpaired) electrons. The van der Waals surface area contributed by atoms with Gasteiger partial charge in [-0.1, -0.05) is 13.8 Å². The lowest BCUT2D eigenvalue weighted by Crippen LogP contribution is -2.36. The number of rotatable bonds is 6. The zero-order chi connectivity index (χ0) is 13.5. The summed E-state index contributed by atoms with van der Waals surface area (Å²) >= 11 is 0. The zero-order valence-corrected chi connectivity index (χ0v) is 11.0. The first kappa shape index (κ1) is 14.6. The van der Waals surface area contributed by atoms with Crippen molar-refractivity contribution in [1.29, 1.82) is 0 Å². The third kappa shape index (κ3) is 4.41. The van der Waals surface area contributed by atoms with Gasteiger partial charge < -0.3 is 9.64 Å². The van der Waals surface area contributed by atoms with Crippen LogP contribution in [0, 0.1) is 11.9 Å². The second kappa shape index (κ2) is 7.06. The highest BCUT2D eigenvalue weighted by Gasteiger charge is 2.17. The molecule has 0 unspecified atom stereocenters. The number of pyridine rings is 1. The van der Waals surface area contributed by atoms with Gasteiger partial charge in [-0.2, -0.15) is 4.39 Å². The van der Waals surface area contributed by atoms with Crippen LogP contribution in [0.1, 0.15) is 24.2 Å². The molecule has 0 aliphatic rings. The maximum Gasteiger partial charge on any atom is 0.254 e. The minimum Gasteiger partial charge on any atom is -0.383 e. The van der Waals surface area contributed by atoms with E-state index in [4.69, 9.17) is 4.74 Å². The first-order valence-electron chi connectivity index (χ1n) is 5.94. The lowest BCUT2D eigenvalue weighted by atomic mass is 10.1. The van der Waals surface area contributed by atoms with Crippen LogP contribution >= 0.6 is 0 Å². The third-order valence-electron chi connectivity index (χ3n) is 2.41. The lowest BCUT2D eigenvalue weighted by Gasteiger charge is -2.24. The van der Waals surface area contributed by atoms with Crippen molar-refractivity contribution in [2.75, 3.05) is 26.8 Å². The molecule has 0 aliphatic heterocycles. The molecule has 1 heterocycles. The Bertz CT molecular complexity index is 396. The molecule has 0 saturated carbocycles. The summed E-state index contributed by atoms with van der Waals surface area (Å²) in [6.07, 6.45) is 1.30. The molecule has 0 spiro atoms. The minimum atomic E-state index is -0.642. The number of amides is 1. The van der Waals surface area contributed by atoms with Crippen LogP contribution in [0.4, 0.5) is 4.39 Å². The third-order valence-corrected chi connectivity index (χ3v) is 2.41. The van der Waals surface area contributed by atoms with E-state index in [0.29, 0.717) is 31.2 Å². The van der Waals surface area contributed by atoms with Crippen LogP contribution in [0.3, 0.4) is 0 Å². The largest absolute Gasteiger partial charge is 0.383 e. The smallest absolute Gasteiger partial charge is 0.254 e. The first-order valence-corrected chi connectivity index (χ1v) is 5.94. The fourth-order valence-electron chi connectivity index (χ4n) is 1.64. The fraction of sp³-hybridized carbons (Fsp3) is 0.538. The predicted molar refractivity (Wildman–Crippen MR) is 66.8 cm³/mol. The van der Waals surface area contributed by atoms with E-state index in [-0.39, 0.29) is 5.91 Å². The van der Waals surface area contributed by atoms with Gasteiger partial charge in [0.2, 0.25) is 5.95 Å². The van der Waals surface area contributed by atoms with E-state index in [2.05, 4.69) is 4.98 Å². The Morgan fingerprint density at radius 2 is 2.28 bits per heavy atom. The minimum absolute atomic E-state index is 0.193. The van der Waals surface area contributed by atoms with E-state index < -0.39 is 5.95 Å². The number of nitrogens with zero attached hydrogens (tertiary/aromatic N) is 2. The molecule has 0 aromatic carbocycles. The second-order valence-electron chi connectivity index (χ2n) is 4.51. The molecule has 5 heteroatoms. The van der Waals surface area contributed by atoms with Crippen LogP contribution in [0.2, 0.25) is 0 Å². The van der Waals surface area contributed by atoms with E-state index in [9.17, 15) is 9.18 Å². The molecule has 0 saturated heterocycles. The van der Waals surface area contributed by atoms with Gasteiger partial charge in [0.05, 0.1) is 6.61 Å². The summed E-state index contributed by atoms with van der Waals surface area (Å²) in [4.78, 5) is 17.3. The van der Waals surface area contributed by atoms with Crippen LogP contribution in [-0.4, -0.2) is 42.6 Å². The predicted octanol–water partition coefficient (Wildman–Crippen LogP) is 1.97. The quantitative estimate of drug-likeness (QED) is 0.729. The van der Waals surface area contributed by atoms with E-state index in [1.54, 1.807) is 12.0 Å². The van der Waals surface area contributed by atoms with Gasteiger partial charge in [0, 0.05) is 38.0 Å². The van der Waals surface area contributed by atoms with Gasteiger partial charge in [0.25, 0.3) is 5.91 Å². The van der Waals surface area contributed by atoms with Crippen molar-refractivity contribution in [2.24, 2.45) is 5.92 Å². The van der Waals surface area contributed by atoms with Crippen LogP contribution in [0.15, 0.2) is 18.3 Å². The standard InChI is InChI=1S/C13H19FN2O2/c1-10(2)9-16(6-7-18-3)13(17)11-4-5-15-12(14)8-11/h4-5,8,10H,6-7,9H2,1-3H3. The van der Waals surface area contributed by atoms with Gasteiger partial charge in [-0.3, -0.25) is 4.79 Å². The van der Waals surface area contributed by atoms with E-state index >= 15 is 0 Å². The van der Waals surface area contributed by atoms with Crippen LogP contribution in [-0.2, 0) is 4.74 Å². The molecule has 0 atom stereocenters. The number of hydrogen-bond acceptors (Lipinski definition) is 3. The van der Waals surface area contributed by atoms with Crippen molar-refractivity contribution in [3.05, 3.63) is 29.8 Å². The Kier molecular flexibility index (Phi) is 5.71. The number of ether oxygens (including phenoxy) is 1. The van der Waals surface area contributed by atoms with Crippen LogP contribution < -0.4 is 0 Å². The molecule has 0 N–H and O–H groups in total. The molecule has 4 nitrogen and oxygen atoms in total. The highest BCUT2D eigenvalue weighted by atomic mass is 19.1. The number of methoxy groups -OCH3 is 1. The summed E-state index contributed by atoms with van der Waals surface area (Å²) in [5, 5.41) is 0. The second-order valence-corrected chi connectivity index (χ2v) is 4.51. The highest BCUT2D eigenvalue weighted by Crippen LogP contribution is 2.08. The van der Waals surface area contributed by atoms with Gasteiger partial charge in [0.1, 0.15) is 0 Å². The van der Waals surface area contributed by atoms with Crippen molar-refractivity contribution in [2.45, 2.75) is 13.8 Å². The number of aromatic nitrogens is 1. The zero-order valence-electron chi connectivity index (χ0n) is 11.0. The summed E-state index contributed by atoms with van der Waals surface area (Å²) < 4.78 is 18.0. The molecule has 1 amide bonds. The Balaban J connectivity index is 2.80. The van der Waals surface area contributed by atoms with Crippen molar-refractivity contribution in [1.82, 2.24) is 9.88 Å². The fourth-order valence-corrected chi connectivity index (χ4v) is 1.64. The van der Waals surface area contributed by atoms with Gasteiger partial charge in [-0.05, 0) is 12.0 Å². The lowest BCUT2D eigenvalue weighted by molar-refractivity contribution is 0.0671. The number of hydrogen-bond donors (Lipinski definition) is 0. The number of carbonyl (C=O) groups excluding carboxylic acids is 1.